The van der Waals surface area contributed by atoms with Gasteiger partial charge in [-0.1, -0.05) is 107 Å². The third-order valence-corrected chi connectivity index (χ3v) is 8.10. The van der Waals surface area contributed by atoms with E-state index in [9.17, 15) is 9.59 Å². The molecule has 0 aliphatic carbocycles. The fraction of sp³-hybridized carbons (Fsp3) is 0.486. The topological polar surface area (TPSA) is 69.0 Å². The Balaban J connectivity index is 1.45. The van der Waals surface area contributed by atoms with Crippen molar-refractivity contribution in [2.24, 2.45) is 7.05 Å². The highest BCUT2D eigenvalue weighted by Gasteiger charge is 2.27. The number of aryl methyl sites for hydroxylation is 1. The summed E-state index contributed by atoms with van der Waals surface area (Å²) < 4.78 is 18.8. The zero-order chi connectivity index (χ0) is 32.3. The lowest BCUT2D eigenvalue weighted by Crippen LogP contribution is -2.37. The maximum Gasteiger partial charge on any atom is 0.417 e. The zero-order valence-corrected chi connectivity index (χ0v) is 28.0. The third-order valence-electron chi connectivity index (χ3n) is 7.81. The van der Waals surface area contributed by atoms with Crippen LogP contribution < -0.4 is 14.0 Å². The molecule has 8 heteroatoms. The number of imide groups is 1. The van der Waals surface area contributed by atoms with Crippen molar-refractivity contribution in [3.05, 3.63) is 88.7 Å². The van der Waals surface area contributed by atoms with Crippen molar-refractivity contribution in [1.29, 1.82) is 0 Å². The van der Waals surface area contributed by atoms with Crippen LogP contribution in [0.5, 0.6) is 11.5 Å². The second kappa shape index (κ2) is 20.5. The van der Waals surface area contributed by atoms with E-state index in [0.29, 0.717) is 28.7 Å². The number of methoxy groups -OCH3 is 1. The average molecular weight is 638 g/mol. The number of hydrogen-bond donors (Lipinski definition) is 0. The molecule has 0 aliphatic rings. The molecule has 0 N–H and O–H groups in total. The lowest BCUT2D eigenvalue weighted by Gasteiger charge is -2.21. The molecule has 0 saturated carbocycles. The van der Waals surface area contributed by atoms with Gasteiger partial charge < -0.3 is 14.2 Å². The molecule has 3 rings (SSSR count). The van der Waals surface area contributed by atoms with Gasteiger partial charge in [0.1, 0.15) is 25.2 Å². The number of amides is 2. The van der Waals surface area contributed by atoms with Crippen molar-refractivity contribution in [3.63, 3.8) is 0 Å². The number of benzene rings is 2. The second-order valence-electron chi connectivity index (χ2n) is 11.5. The second-order valence-corrected chi connectivity index (χ2v) is 11.9. The summed E-state index contributed by atoms with van der Waals surface area (Å²) in [7, 11) is 3.39. The summed E-state index contributed by atoms with van der Waals surface area (Å²) in [4.78, 5) is 27.9. The number of halogens is 1. The molecule has 1 aromatic heterocycles. The number of nitrogens with zero attached hydrogens (tertiary/aromatic N) is 2. The Morgan fingerprint density at radius 1 is 0.778 bits per heavy atom. The molecule has 7 nitrogen and oxygen atoms in total. The van der Waals surface area contributed by atoms with Gasteiger partial charge >= 0.3 is 6.09 Å². The molecule has 0 radical (unpaired) electrons. The summed E-state index contributed by atoms with van der Waals surface area (Å²) in [6.45, 7) is 2.87. The molecule has 0 fully saturated rings. The number of rotatable bonds is 20. The minimum atomic E-state index is -0.762. The van der Waals surface area contributed by atoms with Crippen LogP contribution in [0.3, 0.4) is 0 Å². The van der Waals surface area contributed by atoms with Crippen LogP contribution in [0.2, 0.25) is 5.02 Å². The van der Waals surface area contributed by atoms with Crippen LogP contribution in [0.1, 0.15) is 105 Å². The summed E-state index contributed by atoms with van der Waals surface area (Å²) in [5.41, 5.74) is 1.75. The van der Waals surface area contributed by atoms with Crippen molar-refractivity contribution < 1.29 is 28.4 Å². The predicted octanol–water partition coefficient (Wildman–Crippen LogP) is 9.23. The van der Waals surface area contributed by atoms with E-state index in [1.54, 1.807) is 36.4 Å². The van der Waals surface area contributed by atoms with E-state index < -0.39 is 12.0 Å². The summed E-state index contributed by atoms with van der Waals surface area (Å²) in [6.07, 6.45) is 18.5. The van der Waals surface area contributed by atoms with Crippen LogP contribution in [0.25, 0.3) is 0 Å². The molecule has 2 amide bonds. The monoisotopic (exact) mass is 637 g/mol. The highest BCUT2D eigenvalue weighted by Crippen LogP contribution is 2.27. The van der Waals surface area contributed by atoms with Crippen LogP contribution in [-0.4, -0.2) is 30.6 Å². The van der Waals surface area contributed by atoms with Gasteiger partial charge in [-0.2, -0.15) is 0 Å². The van der Waals surface area contributed by atoms with Gasteiger partial charge in [-0.3, -0.25) is 4.79 Å². The van der Waals surface area contributed by atoms with E-state index >= 15 is 0 Å². The number of ether oxygens (including phenoxy) is 3. The zero-order valence-electron chi connectivity index (χ0n) is 27.3. The number of hydrogen-bond acceptors (Lipinski definition) is 5. The summed E-state index contributed by atoms with van der Waals surface area (Å²) >= 11 is 6.50. The van der Waals surface area contributed by atoms with Crippen LogP contribution in [-0.2, 0) is 24.9 Å². The fourth-order valence-electron chi connectivity index (χ4n) is 5.11. The van der Waals surface area contributed by atoms with Gasteiger partial charge in [0.15, 0.2) is 12.4 Å². The predicted molar refractivity (Wildman–Crippen MR) is 179 cm³/mol. The van der Waals surface area contributed by atoms with E-state index in [1.807, 2.05) is 42.2 Å². The van der Waals surface area contributed by atoms with E-state index in [4.69, 9.17) is 25.8 Å². The first-order chi connectivity index (χ1) is 21.9. The molecule has 0 atom stereocenters. The molecule has 0 aliphatic heterocycles. The maximum absolute atomic E-state index is 13.5. The molecule has 0 bridgehead atoms. The average Bonchev–Trinajstić information content (AvgIpc) is 3.05. The van der Waals surface area contributed by atoms with Gasteiger partial charge in [0.2, 0.25) is 0 Å². The normalized spacial score (nSPS) is 10.8. The summed E-state index contributed by atoms with van der Waals surface area (Å²) in [6, 6.07) is 15.9. The van der Waals surface area contributed by atoms with Gasteiger partial charge in [0.05, 0.1) is 30.8 Å². The molecule has 0 saturated heterocycles. The van der Waals surface area contributed by atoms with E-state index in [0.717, 1.165) is 23.3 Å². The van der Waals surface area contributed by atoms with Gasteiger partial charge in [-0.25, -0.2) is 14.3 Å². The van der Waals surface area contributed by atoms with Crippen molar-refractivity contribution in [2.75, 3.05) is 13.7 Å². The minimum Gasteiger partial charge on any atom is -0.496 e. The fourth-order valence-corrected chi connectivity index (χ4v) is 5.36. The molecule has 0 spiro atoms. The maximum atomic E-state index is 13.5. The van der Waals surface area contributed by atoms with E-state index in [1.165, 1.54) is 71.3 Å². The number of pyridine rings is 1. The number of carbonyl (C=O) groups is 2. The minimum absolute atomic E-state index is 0.0446. The highest BCUT2D eigenvalue weighted by atomic mass is 35.5. The van der Waals surface area contributed by atoms with Crippen molar-refractivity contribution in [2.45, 2.75) is 97.1 Å². The summed E-state index contributed by atoms with van der Waals surface area (Å²) in [5.74, 6) is 0.482. The first-order valence-electron chi connectivity index (χ1n) is 16.4. The molecule has 0 unspecified atom stereocenters. The Kier molecular flexibility index (Phi) is 16.3. The largest absolute Gasteiger partial charge is 0.496 e. The van der Waals surface area contributed by atoms with Crippen molar-refractivity contribution >= 4 is 23.6 Å². The molecule has 45 heavy (non-hydrogen) atoms. The van der Waals surface area contributed by atoms with Crippen LogP contribution in [0.4, 0.5) is 4.79 Å². The molecule has 1 heterocycles. The first-order valence-corrected chi connectivity index (χ1v) is 16.8. The van der Waals surface area contributed by atoms with Crippen LogP contribution in [0, 0.1) is 0 Å². The first kappa shape index (κ1) is 35.9. The van der Waals surface area contributed by atoms with Crippen molar-refractivity contribution in [1.82, 2.24) is 4.90 Å². The molecule has 2 aromatic carbocycles. The number of aromatic nitrogens is 1. The lowest BCUT2D eigenvalue weighted by molar-refractivity contribution is -0.671. The lowest BCUT2D eigenvalue weighted by atomic mass is 10.1. The molecular formula is C37H50ClN2O5+. The molecular weight excluding hydrogens is 588 g/mol. The Bertz CT molecular complexity index is 1310. The van der Waals surface area contributed by atoms with Gasteiger partial charge in [0.25, 0.3) is 5.91 Å². The Morgan fingerprint density at radius 2 is 1.40 bits per heavy atom. The number of unbranched alkanes of at least 4 members (excludes halogenated alkanes) is 11. The Labute approximate surface area is 274 Å². The van der Waals surface area contributed by atoms with Crippen LogP contribution in [0.15, 0.2) is 67.0 Å². The standard InChI is InChI=1S/C37H50ClN2O5/c1-4-5-6-7-8-9-10-11-12-13-14-17-26-44-35-21-20-31(27-33(35)38)29-45-37(42)40(28-30-22-24-39(2)25-23-30)36(41)32-18-15-16-19-34(32)43-3/h15-16,18-25,27H,4-14,17,26,28-29H2,1-3H3/q+1. The molecule has 3 aromatic rings. The summed E-state index contributed by atoms with van der Waals surface area (Å²) in [5, 5.41) is 0.460. The molecule has 244 valence electrons. The third kappa shape index (κ3) is 12.7. The van der Waals surface area contributed by atoms with Crippen LogP contribution >= 0.6 is 11.6 Å². The SMILES string of the molecule is CCCCCCCCCCCCCCOc1ccc(COC(=O)N(Cc2cc[n+](C)cc2)C(=O)c2ccccc2OC)cc1Cl. The number of para-hydroxylation sites is 1. The Morgan fingerprint density at radius 3 is 2.02 bits per heavy atom. The smallest absolute Gasteiger partial charge is 0.417 e. The quantitative estimate of drug-likeness (QED) is 0.0912. The van der Waals surface area contributed by atoms with E-state index in [-0.39, 0.29) is 18.7 Å². The van der Waals surface area contributed by atoms with Crippen molar-refractivity contribution in [3.8, 4) is 11.5 Å². The number of carbonyl (C=O) groups excluding carboxylic acids is 2. The Hall–Kier alpha value is -3.58. The van der Waals surface area contributed by atoms with Gasteiger partial charge in [0, 0.05) is 12.1 Å². The highest BCUT2D eigenvalue weighted by molar-refractivity contribution is 6.32. The van der Waals surface area contributed by atoms with E-state index in [2.05, 4.69) is 6.92 Å². The van der Waals surface area contributed by atoms with Gasteiger partial charge in [-0.05, 0) is 41.8 Å². The van der Waals surface area contributed by atoms with Gasteiger partial charge in [-0.15, -0.1) is 0 Å².